The van der Waals surface area contributed by atoms with E-state index in [9.17, 15) is 18.4 Å². The molecule has 0 aliphatic rings. The maximum Gasteiger partial charge on any atom is 0.387 e. The van der Waals surface area contributed by atoms with E-state index in [1.54, 1.807) is 36.4 Å². The first-order valence-corrected chi connectivity index (χ1v) is 8.07. The van der Waals surface area contributed by atoms with Gasteiger partial charge in [0, 0.05) is 18.5 Å². The minimum Gasteiger partial charge on any atom is -0.481 e. The molecule has 0 radical (unpaired) electrons. The lowest BCUT2D eigenvalue weighted by Gasteiger charge is -2.08. The van der Waals surface area contributed by atoms with Crippen LogP contribution in [0.3, 0.4) is 0 Å². The Hall–Kier alpha value is -2.96. The topological polar surface area (TPSA) is 75.6 Å². The lowest BCUT2D eigenvalue weighted by molar-refractivity contribution is -0.137. The number of halogens is 2. The Morgan fingerprint density at radius 1 is 0.923 bits per heavy atom. The molecule has 2 aromatic carbocycles. The van der Waals surface area contributed by atoms with Gasteiger partial charge in [-0.1, -0.05) is 24.3 Å². The first-order valence-electron chi connectivity index (χ1n) is 8.07. The summed E-state index contributed by atoms with van der Waals surface area (Å²) in [5.41, 5.74) is 2.36. The zero-order chi connectivity index (χ0) is 18.9. The molecule has 0 unspecified atom stereocenters. The van der Waals surface area contributed by atoms with Gasteiger partial charge in [-0.3, -0.25) is 9.59 Å². The number of benzene rings is 2. The van der Waals surface area contributed by atoms with E-state index in [4.69, 9.17) is 5.11 Å². The van der Waals surface area contributed by atoms with E-state index >= 15 is 0 Å². The van der Waals surface area contributed by atoms with Crippen LogP contribution < -0.4 is 10.1 Å². The summed E-state index contributed by atoms with van der Waals surface area (Å²) in [6, 6.07) is 13.2. The molecule has 0 aromatic heterocycles. The SMILES string of the molecule is O=C(O)CCc1ccc(NC(=O)CCc2ccc(OC(F)F)cc2)cc1. The highest BCUT2D eigenvalue weighted by Gasteiger charge is 2.06. The number of carboxylic acids is 1. The average Bonchev–Trinajstić information content (AvgIpc) is 2.60. The first kappa shape index (κ1) is 19.4. The molecule has 0 saturated heterocycles. The Morgan fingerprint density at radius 3 is 2.00 bits per heavy atom. The van der Waals surface area contributed by atoms with Crippen molar-refractivity contribution in [1.82, 2.24) is 0 Å². The number of ether oxygens (including phenoxy) is 1. The molecule has 2 aromatic rings. The van der Waals surface area contributed by atoms with Crippen LogP contribution in [0, 0.1) is 0 Å². The van der Waals surface area contributed by atoms with Crippen molar-refractivity contribution in [3.05, 3.63) is 59.7 Å². The molecule has 0 heterocycles. The molecule has 2 N–H and O–H groups in total. The number of amides is 1. The normalized spacial score (nSPS) is 10.6. The number of carbonyl (C=O) groups is 2. The molecule has 0 aliphatic carbocycles. The Balaban J connectivity index is 1.78. The van der Waals surface area contributed by atoms with Gasteiger partial charge in [0.05, 0.1) is 0 Å². The Bertz CT molecular complexity index is 730. The minimum absolute atomic E-state index is 0.0624. The number of carboxylic acid groups (broad SMARTS) is 1. The zero-order valence-corrected chi connectivity index (χ0v) is 14.0. The number of hydrogen-bond acceptors (Lipinski definition) is 3. The second kappa shape index (κ2) is 9.50. The summed E-state index contributed by atoms with van der Waals surface area (Å²) in [4.78, 5) is 22.5. The van der Waals surface area contributed by atoms with E-state index in [1.165, 1.54) is 12.1 Å². The predicted octanol–water partition coefficient (Wildman–Crippen LogP) is 3.88. The van der Waals surface area contributed by atoms with Crippen molar-refractivity contribution in [3.8, 4) is 5.75 Å². The smallest absolute Gasteiger partial charge is 0.387 e. The Kier molecular flexibility index (Phi) is 7.08. The van der Waals surface area contributed by atoms with Crippen LogP contribution in [0.2, 0.25) is 0 Å². The third kappa shape index (κ3) is 6.88. The second-order valence-corrected chi connectivity index (χ2v) is 5.66. The molecule has 0 atom stereocenters. The van der Waals surface area contributed by atoms with Crippen molar-refractivity contribution in [2.24, 2.45) is 0 Å². The van der Waals surface area contributed by atoms with Crippen LogP contribution in [0.5, 0.6) is 5.75 Å². The monoisotopic (exact) mass is 363 g/mol. The number of hydrogen-bond donors (Lipinski definition) is 2. The molecule has 138 valence electrons. The highest BCUT2D eigenvalue weighted by Crippen LogP contribution is 2.16. The van der Waals surface area contributed by atoms with E-state index in [0.29, 0.717) is 18.5 Å². The molecule has 2 rings (SSSR count). The van der Waals surface area contributed by atoms with Crippen LogP contribution in [-0.4, -0.2) is 23.6 Å². The molecule has 7 heteroatoms. The van der Waals surface area contributed by atoms with Crippen molar-refractivity contribution < 1.29 is 28.2 Å². The quantitative estimate of drug-likeness (QED) is 0.709. The van der Waals surface area contributed by atoms with Crippen molar-refractivity contribution in [2.75, 3.05) is 5.32 Å². The van der Waals surface area contributed by atoms with Gasteiger partial charge in [-0.25, -0.2) is 0 Å². The summed E-state index contributed by atoms with van der Waals surface area (Å²) in [5.74, 6) is -0.941. The minimum atomic E-state index is -2.86. The fourth-order valence-electron chi connectivity index (χ4n) is 2.32. The largest absolute Gasteiger partial charge is 0.481 e. The van der Waals surface area contributed by atoms with Crippen molar-refractivity contribution in [1.29, 1.82) is 0 Å². The Morgan fingerprint density at radius 2 is 1.46 bits per heavy atom. The standard InChI is InChI=1S/C19H19F2NO4/c20-19(21)26-16-9-3-14(4-10-16)5-11-17(23)22-15-7-1-13(2-8-15)6-12-18(24)25/h1-4,7-10,19H,5-6,11-12H2,(H,22,23)(H,24,25). The lowest BCUT2D eigenvalue weighted by atomic mass is 10.1. The molecule has 0 saturated carbocycles. The molecule has 5 nitrogen and oxygen atoms in total. The number of rotatable bonds is 9. The Labute approximate surface area is 149 Å². The number of aliphatic carboxylic acids is 1. The van der Waals surface area contributed by atoms with Gasteiger partial charge in [0.2, 0.25) is 5.91 Å². The molecule has 0 fully saturated rings. The van der Waals surface area contributed by atoms with Gasteiger partial charge in [0.15, 0.2) is 0 Å². The second-order valence-electron chi connectivity index (χ2n) is 5.66. The summed E-state index contributed by atoms with van der Waals surface area (Å²) in [5, 5.41) is 11.4. The number of anilines is 1. The van der Waals surface area contributed by atoms with Crippen molar-refractivity contribution in [2.45, 2.75) is 32.3 Å². The predicted molar refractivity (Wildman–Crippen MR) is 92.4 cm³/mol. The van der Waals surface area contributed by atoms with Gasteiger partial charge in [0.25, 0.3) is 0 Å². The molecule has 1 amide bonds. The van der Waals surface area contributed by atoms with E-state index in [0.717, 1.165) is 11.1 Å². The number of aryl methyl sites for hydroxylation is 2. The fourth-order valence-corrected chi connectivity index (χ4v) is 2.32. The van der Waals surface area contributed by atoms with Crippen LogP contribution in [0.25, 0.3) is 0 Å². The number of carbonyl (C=O) groups excluding carboxylic acids is 1. The van der Waals surface area contributed by atoms with Gasteiger partial charge in [0.1, 0.15) is 5.75 Å². The maximum atomic E-state index is 12.1. The van der Waals surface area contributed by atoms with Gasteiger partial charge in [-0.15, -0.1) is 0 Å². The van der Waals surface area contributed by atoms with Crippen molar-refractivity contribution >= 4 is 17.6 Å². The van der Waals surface area contributed by atoms with Gasteiger partial charge >= 0.3 is 12.6 Å². The van der Waals surface area contributed by atoms with Crippen LogP contribution in [0.1, 0.15) is 24.0 Å². The van der Waals surface area contributed by atoms with Crippen LogP contribution in [-0.2, 0) is 22.4 Å². The zero-order valence-electron chi connectivity index (χ0n) is 14.0. The molecule has 0 spiro atoms. The fraction of sp³-hybridized carbons (Fsp3) is 0.263. The number of alkyl halides is 2. The highest BCUT2D eigenvalue weighted by molar-refractivity contribution is 5.90. The van der Waals surface area contributed by atoms with E-state index < -0.39 is 12.6 Å². The molecular weight excluding hydrogens is 344 g/mol. The maximum absolute atomic E-state index is 12.1. The third-order valence-electron chi connectivity index (χ3n) is 3.65. The average molecular weight is 363 g/mol. The van der Waals surface area contributed by atoms with Crippen LogP contribution in [0.15, 0.2) is 48.5 Å². The lowest BCUT2D eigenvalue weighted by Crippen LogP contribution is -2.12. The highest BCUT2D eigenvalue weighted by atomic mass is 19.3. The molecule has 0 bridgehead atoms. The summed E-state index contributed by atoms with van der Waals surface area (Å²) >= 11 is 0. The summed E-state index contributed by atoms with van der Waals surface area (Å²) in [6.07, 6.45) is 1.22. The first-order chi connectivity index (χ1) is 12.4. The molecule has 26 heavy (non-hydrogen) atoms. The summed E-state index contributed by atoms with van der Waals surface area (Å²) in [6.45, 7) is -2.86. The van der Waals surface area contributed by atoms with Crippen LogP contribution in [0.4, 0.5) is 14.5 Å². The summed E-state index contributed by atoms with van der Waals surface area (Å²) in [7, 11) is 0. The van der Waals surface area contributed by atoms with E-state index in [-0.39, 0.29) is 24.5 Å². The molecular formula is C19H19F2NO4. The van der Waals surface area contributed by atoms with Gasteiger partial charge in [-0.2, -0.15) is 8.78 Å². The van der Waals surface area contributed by atoms with Gasteiger partial charge in [-0.05, 0) is 48.2 Å². The number of nitrogens with one attached hydrogen (secondary N) is 1. The van der Waals surface area contributed by atoms with E-state index in [2.05, 4.69) is 10.1 Å². The van der Waals surface area contributed by atoms with Crippen molar-refractivity contribution in [3.63, 3.8) is 0 Å². The van der Waals surface area contributed by atoms with Gasteiger partial charge < -0.3 is 15.2 Å². The molecule has 0 aliphatic heterocycles. The third-order valence-corrected chi connectivity index (χ3v) is 3.65. The summed E-state index contributed by atoms with van der Waals surface area (Å²) < 4.78 is 28.4. The van der Waals surface area contributed by atoms with E-state index in [1.807, 2.05) is 0 Å². The van der Waals surface area contributed by atoms with Crippen LogP contribution >= 0.6 is 0 Å².